The summed E-state index contributed by atoms with van der Waals surface area (Å²) in [5.41, 5.74) is 4.31. The molecule has 0 aliphatic carbocycles. The van der Waals surface area contributed by atoms with Crippen LogP contribution in [0.1, 0.15) is 70.7 Å². The lowest BCUT2D eigenvalue weighted by Crippen LogP contribution is -2.41. The normalized spacial score (nSPS) is 18.2. The molecule has 1 amide bonds. The number of nitrogens with zero attached hydrogens (tertiary/aromatic N) is 3. The number of carbonyl (C=O) groups excluding carboxylic acids is 2. The van der Waals surface area contributed by atoms with Gasteiger partial charge in [-0.2, -0.15) is 0 Å². The van der Waals surface area contributed by atoms with Gasteiger partial charge in [0.15, 0.2) is 4.80 Å². The van der Waals surface area contributed by atoms with Crippen LogP contribution in [0.5, 0.6) is 0 Å². The lowest BCUT2D eigenvalue weighted by atomic mass is 9.85. The summed E-state index contributed by atoms with van der Waals surface area (Å²) in [5, 5.41) is 0. The van der Waals surface area contributed by atoms with E-state index in [1.54, 1.807) is 23.3 Å². The zero-order chi connectivity index (χ0) is 28.1. The molecule has 0 saturated heterocycles. The van der Waals surface area contributed by atoms with Crippen molar-refractivity contribution in [3.63, 3.8) is 0 Å². The maximum atomic E-state index is 14.2. The van der Waals surface area contributed by atoms with Crippen LogP contribution in [0.25, 0.3) is 5.57 Å². The van der Waals surface area contributed by atoms with Crippen molar-refractivity contribution in [3.8, 4) is 0 Å². The van der Waals surface area contributed by atoms with Gasteiger partial charge < -0.3 is 9.64 Å². The maximum Gasteiger partial charge on any atom is 0.338 e. The molecule has 0 radical (unpaired) electrons. The molecule has 8 heteroatoms. The fourth-order valence-electron chi connectivity index (χ4n) is 5.27. The van der Waals surface area contributed by atoms with E-state index >= 15 is 0 Å². The molecule has 0 spiro atoms. The number of para-hydroxylation sites is 1. The maximum absolute atomic E-state index is 14.2. The van der Waals surface area contributed by atoms with Gasteiger partial charge in [0.05, 0.1) is 35.2 Å². The zero-order valence-electron chi connectivity index (χ0n) is 23.2. The molecule has 7 nitrogen and oxygen atoms in total. The monoisotopic (exact) mass is 543 g/mol. The van der Waals surface area contributed by atoms with Crippen LogP contribution < -0.4 is 19.8 Å². The fourth-order valence-corrected chi connectivity index (χ4v) is 6.40. The van der Waals surface area contributed by atoms with Crippen LogP contribution >= 0.6 is 11.3 Å². The van der Waals surface area contributed by atoms with Crippen molar-refractivity contribution in [3.05, 3.63) is 96.2 Å². The number of fused-ring (bicyclic) bond motifs is 2. The Labute approximate surface area is 231 Å². The van der Waals surface area contributed by atoms with Crippen LogP contribution in [0.3, 0.4) is 0 Å². The van der Waals surface area contributed by atoms with Gasteiger partial charge in [0.25, 0.3) is 11.5 Å². The number of carbonyl (C=O) groups is 2. The molecular weight excluding hydrogens is 510 g/mol. The topological polar surface area (TPSA) is 81.0 Å². The third-order valence-corrected chi connectivity index (χ3v) is 8.24. The number of amides is 1. The Morgan fingerprint density at radius 3 is 2.38 bits per heavy atom. The average molecular weight is 544 g/mol. The zero-order valence-corrected chi connectivity index (χ0v) is 24.0. The highest BCUT2D eigenvalue weighted by molar-refractivity contribution is 7.07. The Morgan fingerprint density at radius 1 is 1.05 bits per heavy atom. The van der Waals surface area contributed by atoms with Gasteiger partial charge >= 0.3 is 5.97 Å². The van der Waals surface area contributed by atoms with Crippen LogP contribution in [0, 0.1) is 0 Å². The third-order valence-electron chi connectivity index (χ3n) is 7.18. The van der Waals surface area contributed by atoms with E-state index in [0.29, 0.717) is 32.7 Å². The fraction of sp³-hybridized carbons (Fsp3) is 0.355. The van der Waals surface area contributed by atoms with Gasteiger partial charge in [0.1, 0.15) is 4.53 Å². The molecule has 0 unspecified atom stereocenters. The number of thiazole rings is 1. The molecule has 1 aromatic heterocycles. The van der Waals surface area contributed by atoms with Gasteiger partial charge in [0.2, 0.25) is 0 Å². The smallest absolute Gasteiger partial charge is 0.338 e. The molecule has 39 heavy (non-hydrogen) atoms. The molecule has 0 saturated carbocycles. The number of benzene rings is 2. The van der Waals surface area contributed by atoms with E-state index in [4.69, 9.17) is 4.74 Å². The lowest BCUT2D eigenvalue weighted by Gasteiger charge is -2.26. The van der Waals surface area contributed by atoms with Crippen molar-refractivity contribution in [2.45, 2.75) is 59.4 Å². The van der Waals surface area contributed by atoms with Crippen LogP contribution in [-0.4, -0.2) is 29.6 Å². The van der Waals surface area contributed by atoms with Gasteiger partial charge in [0, 0.05) is 12.1 Å². The van der Waals surface area contributed by atoms with Crippen molar-refractivity contribution in [2.75, 3.05) is 18.1 Å². The second-order valence-corrected chi connectivity index (χ2v) is 11.8. The molecule has 2 aromatic carbocycles. The first-order chi connectivity index (χ1) is 18.6. The van der Waals surface area contributed by atoms with E-state index in [2.05, 4.69) is 25.8 Å². The highest BCUT2D eigenvalue weighted by Gasteiger charge is 2.37. The van der Waals surface area contributed by atoms with Crippen LogP contribution in [0.4, 0.5) is 5.69 Å². The van der Waals surface area contributed by atoms with E-state index < -0.39 is 12.0 Å². The summed E-state index contributed by atoms with van der Waals surface area (Å²) in [7, 11) is 0. The van der Waals surface area contributed by atoms with Crippen molar-refractivity contribution < 1.29 is 14.3 Å². The van der Waals surface area contributed by atoms with E-state index in [9.17, 15) is 14.4 Å². The second kappa shape index (κ2) is 10.1. The van der Waals surface area contributed by atoms with Gasteiger partial charge in [-0.25, -0.2) is 9.79 Å². The quantitative estimate of drug-likeness (QED) is 0.452. The highest BCUT2D eigenvalue weighted by Crippen LogP contribution is 2.36. The largest absolute Gasteiger partial charge is 0.463 e. The molecule has 0 bridgehead atoms. The summed E-state index contributed by atoms with van der Waals surface area (Å²) in [6, 6.07) is 14.8. The summed E-state index contributed by atoms with van der Waals surface area (Å²) < 4.78 is 7.30. The van der Waals surface area contributed by atoms with Crippen LogP contribution in [0.15, 0.2) is 69.6 Å². The minimum atomic E-state index is -0.720. The first-order valence-electron chi connectivity index (χ1n) is 13.3. The number of hydrogen-bond donors (Lipinski definition) is 0. The molecule has 1 atom stereocenters. The second-order valence-electron chi connectivity index (χ2n) is 10.8. The molecule has 0 N–H and O–H groups in total. The Kier molecular flexibility index (Phi) is 6.93. The van der Waals surface area contributed by atoms with E-state index in [-0.39, 0.29) is 23.5 Å². The number of aromatic nitrogens is 1. The van der Waals surface area contributed by atoms with E-state index in [1.165, 1.54) is 11.3 Å². The van der Waals surface area contributed by atoms with E-state index in [0.717, 1.165) is 28.8 Å². The number of rotatable bonds is 5. The number of anilines is 1. The standard InChI is InChI=1S/C31H33N3O4S/c1-7-17-33-22-12-10-9-11-21(22)24(27(33)35)26-28(36)34-25(19-13-15-20(16-14-19)31(4,5)6)23(29(37)38-8-2)18(3)32-30(34)39-26/h9-16,25H,7-8,17H2,1-6H3/b26-24-/t25-/m1/s1. The van der Waals surface area contributed by atoms with Gasteiger partial charge in [-0.15, -0.1) is 0 Å². The molecule has 2 aliphatic rings. The number of allylic oxidation sites excluding steroid dienone is 1. The van der Waals surface area contributed by atoms with Crippen molar-refractivity contribution in [2.24, 2.45) is 4.99 Å². The van der Waals surface area contributed by atoms with Crippen molar-refractivity contribution in [1.29, 1.82) is 0 Å². The van der Waals surface area contributed by atoms with Crippen molar-refractivity contribution in [1.82, 2.24) is 4.57 Å². The summed E-state index contributed by atoms with van der Waals surface area (Å²) in [6.45, 7) is 12.7. The molecule has 3 heterocycles. The number of hydrogen-bond acceptors (Lipinski definition) is 6. The van der Waals surface area contributed by atoms with Gasteiger partial charge in [-0.05, 0) is 42.9 Å². The minimum absolute atomic E-state index is 0.0507. The molecule has 2 aliphatic heterocycles. The lowest BCUT2D eigenvalue weighted by molar-refractivity contribution is -0.139. The minimum Gasteiger partial charge on any atom is -0.463 e. The SMILES string of the molecule is CCCN1C(=O)/C(=c2\sc3n(c2=O)[C@H](c2ccc(C(C)(C)C)cc2)C(C(=O)OCC)=C(C)N=3)c2ccccc21. The molecular formula is C31H33N3O4S. The average Bonchev–Trinajstić information content (AvgIpc) is 3.36. The number of esters is 1. The summed E-state index contributed by atoms with van der Waals surface area (Å²) >= 11 is 1.20. The predicted molar refractivity (Wildman–Crippen MR) is 154 cm³/mol. The first-order valence-corrected chi connectivity index (χ1v) is 14.1. The Hall–Kier alpha value is -3.78. The Morgan fingerprint density at radius 2 is 1.74 bits per heavy atom. The van der Waals surface area contributed by atoms with Crippen LogP contribution in [0.2, 0.25) is 0 Å². The highest BCUT2D eigenvalue weighted by atomic mass is 32.1. The Balaban J connectivity index is 1.78. The predicted octanol–water partition coefficient (Wildman–Crippen LogP) is 4.22. The summed E-state index contributed by atoms with van der Waals surface area (Å²) in [6.07, 6.45) is 0.793. The molecule has 3 aromatic rings. The summed E-state index contributed by atoms with van der Waals surface area (Å²) in [5.74, 6) is -0.686. The molecule has 5 rings (SSSR count). The number of ether oxygens (including phenoxy) is 1. The first kappa shape index (κ1) is 26.8. The Bertz CT molecular complexity index is 1690. The van der Waals surface area contributed by atoms with Crippen molar-refractivity contribution >= 4 is 34.5 Å². The van der Waals surface area contributed by atoms with Gasteiger partial charge in [-0.1, -0.05) is 81.5 Å². The van der Waals surface area contributed by atoms with Crippen LogP contribution in [-0.2, 0) is 19.7 Å². The summed E-state index contributed by atoms with van der Waals surface area (Å²) in [4.78, 5) is 47.9. The van der Waals surface area contributed by atoms with E-state index in [1.807, 2.05) is 55.5 Å². The molecule has 202 valence electrons. The van der Waals surface area contributed by atoms with Gasteiger partial charge in [-0.3, -0.25) is 14.2 Å². The molecule has 0 fully saturated rings. The third kappa shape index (κ3) is 4.46.